The maximum absolute atomic E-state index is 12.1. The molecule has 0 saturated carbocycles. The fraction of sp³-hybridized carbons (Fsp3) is 0.588. The molecule has 0 unspecified atom stereocenters. The van der Waals surface area contributed by atoms with E-state index in [1.54, 1.807) is 0 Å². The third-order valence-corrected chi connectivity index (χ3v) is 4.35. The van der Waals surface area contributed by atoms with Crippen molar-refractivity contribution in [2.45, 2.75) is 31.3 Å². The first kappa shape index (κ1) is 15.3. The van der Waals surface area contributed by atoms with Crippen LogP contribution >= 0.6 is 0 Å². The standard InChI is InChI=1S/C17H24N2O3/c20-17(8-11-22-14-6-2-1-3-7-14)18-15-12-21-13-16(15)19-9-4-5-10-19/h1-3,6-7,15-16H,4-5,8-13H2,(H,18,20)/t15-,16-/m0/s1. The summed E-state index contributed by atoms with van der Waals surface area (Å²) in [5.41, 5.74) is 0. The van der Waals surface area contributed by atoms with E-state index in [1.165, 1.54) is 12.8 Å². The Kier molecular flexibility index (Phi) is 5.29. The van der Waals surface area contributed by atoms with Gasteiger partial charge in [0.25, 0.3) is 0 Å². The number of hydrogen-bond donors (Lipinski definition) is 1. The van der Waals surface area contributed by atoms with Crippen LogP contribution in [0.1, 0.15) is 19.3 Å². The van der Waals surface area contributed by atoms with Crippen molar-refractivity contribution >= 4 is 5.91 Å². The number of hydrogen-bond acceptors (Lipinski definition) is 4. The summed E-state index contributed by atoms with van der Waals surface area (Å²) in [4.78, 5) is 14.5. The van der Waals surface area contributed by atoms with Gasteiger partial charge in [0.1, 0.15) is 5.75 Å². The predicted molar refractivity (Wildman–Crippen MR) is 83.9 cm³/mol. The van der Waals surface area contributed by atoms with Crippen molar-refractivity contribution in [2.24, 2.45) is 0 Å². The molecule has 0 radical (unpaired) electrons. The Morgan fingerprint density at radius 2 is 2.00 bits per heavy atom. The molecule has 2 heterocycles. The minimum atomic E-state index is 0.0376. The number of benzene rings is 1. The highest BCUT2D eigenvalue weighted by molar-refractivity contribution is 5.76. The number of carbonyl (C=O) groups excluding carboxylic acids is 1. The molecule has 3 rings (SSSR count). The Hall–Kier alpha value is -1.59. The van der Waals surface area contributed by atoms with Crippen LogP contribution in [-0.2, 0) is 9.53 Å². The van der Waals surface area contributed by atoms with Gasteiger partial charge in [-0.2, -0.15) is 0 Å². The maximum Gasteiger partial charge on any atom is 0.223 e. The number of nitrogens with one attached hydrogen (secondary N) is 1. The van der Waals surface area contributed by atoms with E-state index in [0.717, 1.165) is 25.4 Å². The zero-order chi connectivity index (χ0) is 15.2. The number of ether oxygens (including phenoxy) is 2. The molecule has 1 aromatic carbocycles. The summed E-state index contributed by atoms with van der Waals surface area (Å²) in [5, 5.41) is 3.11. The average molecular weight is 304 g/mol. The number of nitrogens with zero attached hydrogens (tertiary/aromatic N) is 1. The molecule has 0 aromatic heterocycles. The zero-order valence-corrected chi connectivity index (χ0v) is 12.9. The number of amides is 1. The molecule has 0 bridgehead atoms. The Morgan fingerprint density at radius 3 is 2.77 bits per heavy atom. The lowest BCUT2D eigenvalue weighted by Crippen LogP contribution is -2.50. The smallest absolute Gasteiger partial charge is 0.223 e. The summed E-state index contributed by atoms with van der Waals surface area (Å²) in [7, 11) is 0. The van der Waals surface area contributed by atoms with E-state index in [2.05, 4.69) is 10.2 Å². The molecule has 22 heavy (non-hydrogen) atoms. The van der Waals surface area contributed by atoms with E-state index in [-0.39, 0.29) is 11.9 Å². The molecule has 2 saturated heterocycles. The molecule has 0 aliphatic carbocycles. The van der Waals surface area contributed by atoms with Crippen molar-refractivity contribution in [3.63, 3.8) is 0 Å². The highest BCUT2D eigenvalue weighted by Gasteiger charge is 2.35. The number of carbonyl (C=O) groups is 1. The monoisotopic (exact) mass is 304 g/mol. The minimum Gasteiger partial charge on any atom is -0.493 e. The minimum absolute atomic E-state index is 0.0376. The number of likely N-dealkylation sites (tertiary alicyclic amines) is 1. The topological polar surface area (TPSA) is 50.8 Å². The maximum atomic E-state index is 12.1. The Bertz CT molecular complexity index is 474. The second-order valence-corrected chi connectivity index (χ2v) is 5.93. The van der Waals surface area contributed by atoms with Crippen LogP contribution in [0.3, 0.4) is 0 Å². The van der Waals surface area contributed by atoms with Crippen LogP contribution in [0.25, 0.3) is 0 Å². The van der Waals surface area contributed by atoms with Gasteiger partial charge in [-0.25, -0.2) is 0 Å². The third kappa shape index (κ3) is 3.99. The van der Waals surface area contributed by atoms with Crippen LogP contribution < -0.4 is 10.1 Å². The van der Waals surface area contributed by atoms with Gasteiger partial charge in [0.2, 0.25) is 5.91 Å². The van der Waals surface area contributed by atoms with E-state index in [9.17, 15) is 4.79 Å². The van der Waals surface area contributed by atoms with Crippen LogP contribution in [0.5, 0.6) is 5.75 Å². The summed E-state index contributed by atoms with van der Waals surface area (Å²) in [5.74, 6) is 0.838. The lowest BCUT2D eigenvalue weighted by Gasteiger charge is -2.27. The highest BCUT2D eigenvalue weighted by Crippen LogP contribution is 2.19. The quantitative estimate of drug-likeness (QED) is 0.864. The SMILES string of the molecule is O=C(CCOc1ccccc1)N[C@H]1COC[C@@H]1N1CCCC1. The van der Waals surface area contributed by atoms with Gasteiger partial charge in [-0.05, 0) is 38.1 Å². The van der Waals surface area contributed by atoms with Crippen molar-refractivity contribution in [3.05, 3.63) is 30.3 Å². The van der Waals surface area contributed by atoms with Crippen LogP contribution in [0.2, 0.25) is 0 Å². The lowest BCUT2D eigenvalue weighted by molar-refractivity contribution is -0.122. The van der Waals surface area contributed by atoms with Crippen molar-refractivity contribution in [3.8, 4) is 5.75 Å². The van der Waals surface area contributed by atoms with Crippen molar-refractivity contribution in [1.82, 2.24) is 10.2 Å². The summed E-state index contributed by atoms with van der Waals surface area (Å²) in [6.45, 7) is 3.99. The molecule has 1 amide bonds. The molecule has 120 valence electrons. The van der Waals surface area contributed by atoms with Crippen molar-refractivity contribution in [2.75, 3.05) is 32.9 Å². The molecule has 5 heteroatoms. The third-order valence-electron chi connectivity index (χ3n) is 4.35. The van der Waals surface area contributed by atoms with E-state index < -0.39 is 0 Å². The Balaban J connectivity index is 1.41. The van der Waals surface area contributed by atoms with E-state index in [0.29, 0.717) is 25.7 Å². The summed E-state index contributed by atoms with van der Waals surface area (Å²) < 4.78 is 11.1. The first-order chi connectivity index (χ1) is 10.8. The Morgan fingerprint density at radius 1 is 1.23 bits per heavy atom. The van der Waals surface area contributed by atoms with E-state index >= 15 is 0 Å². The average Bonchev–Trinajstić information content (AvgIpc) is 3.19. The molecule has 5 nitrogen and oxygen atoms in total. The fourth-order valence-corrected chi connectivity index (χ4v) is 3.17. The molecule has 2 aliphatic rings. The van der Waals surface area contributed by atoms with Gasteiger partial charge in [0.05, 0.1) is 38.3 Å². The summed E-state index contributed by atoms with van der Waals surface area (Å²) >= 11 is 0. The van der Waals surface area contributed by atoms with Crippen molar-refractivity contribution in [1.29, 1.82) is 0 Å². The second kappa shape index (κ2) is 7.61. The highest BCUT2D eigenvalue weighted by atomic mass is 16.5. The van der Waals surface area contributed by atoms with Gasteiger partial charge in [0.15, 0.2) is 0 Å². The van der Waals surface area contributed by atoms with E-state index in [4.69, 9.17) is 9.47 Å². The van der Waals surface area contributed by atoms with Crippen LogP contribution in [0, 0.1) is 0 Å². The van der Waals surface area contributed by atoms with Gasteiger partial charge in [-0.3, -0.25) is 9.69 Å². The summed E-state index contributed by atoms with van der Waals surface area (Å²) in [6.07, 6.45) is 2.88. The predicted octanol–water partition coefficient (Wildman–Crippen LogP) is 1.43. The van der Waals surface area contributed by atoms with E-state index in [1.807, 2.05) is 30.3 Å². The molecule has 1 N–H and O–H groups in total. The molecule has 2 atom stereocenters. The first-order valence-corrected chi connectivity index (χ1v) is 8.12. The van der Waals surface area contributed by atoms with Crippen molar-refractivity contribution < 1.29 is 14.3 Å². The lowest BCUT2D eigenvalue weighted by atomic mass is 10.1. The normalized spacial score (nSPS) is 25.3. The van der Waals surface area contributed by atoms with Gasteiger partial charge in [-0.15, -0.1) is 0 Å². The van der Waals surface area contributed by atoms with Gasteiger partial charge < -0.3 is 14.8 Å². The van der Waals surface area contributed by atoms with Gasteiger partial charge in [-0.1, -0.05) is 18.2 Å². The second-order valence-electron chi connectivity index (χ2n) is 5.93. The van der Waals surface area contributed by atoms with Crippen LogP contribution in [0.4, 0.5) is 0 Å². The molecular formula is C17H24N2O3. The molecule has 2 aliphatic heterocycles. The molecular weight excluding hydrogens is 280 g/mol. The van der Waals surface area contributed by atoms with Crippen LogP contribution in [0.15, 0.2) is 30.3 Å². The zero-order valence-electron chi connectivity index (χ0n) is 12.9. The van der Waals surface area contributed by atoms with Gasteiger partial charge in [0, 0.05) is 0 Å². The molecule has 1 aromatic rings. The first-order valence-electron chi connectivity index (χ1n) is 8.12. The molecule has 2 fully saturated rings. The number of para-hydroxylation sites is 1. The van der Waals surface area contributed by atoms with Gasteiger partial charge >= 0.3 is 0 Å². The Labute approximate surface area is 131 Å². The number of rotatable bonds is 6. The van der Waals surface area contributed by atoms with Crippen LogP contribution in [-0.4, -0.2) is 55.8 Å². The summed E-state index contributed by atoms with van der Waals surface area (Å²) in [6, 6.07) is 10.0. The molecule has 0 spiro atoms. The fourth-order valence-electron chi connectivity index (χ4n) is 3.17. The largest absolute Gasteiger partial charge is 0.493 e.